The minimum absolute atomic E-state index is 0.212. The molecule has 2 rings (SSSR count). The molecule has 0 atom stereocenters. The van der Waals surface area contributed by atoms with Crippen molar-refractivity contribution >= 4 is 17.8 Å². The van der Waals surface area contributed by atoms with E-state index >= 15 is 0 Å². The minimum Gasteiger partial charge on any atom is -0.356 e. The van der Waals surface area contributed by atoms with E-state index < -0.39 is 0 Å². The third-order valence-electron chi connectivity index (χ3n) is 5.60. The number of nitrogens with one attached hydrogen (secondary N) is 1. The highest BCUT2D eigenvalue weighted by molar-refractivity contribution is 5.79. The Morgan fingerprint density at radius 1 is 0.969 bits per heavy atom. The summed E-state index contributed by atoms with van der Waals surface area (Å²) in [4.78, 5) is 35.1. The zero-order valence-corrected chi connectivity index (χ0v) is 20.3. The van der Waals surface area contributed by atoms with Gasteiger partial charge in [-0.25, -0.2) is 4.99 Å². The molecule has 7 nitrogen and oxygen atoms in total. The van der Waals surface area contributed by atoms with Gasteiger partial charge in [0.2, 0.25) is 11.8 Å². The maximum absolute atomic E-state index is 12.5. The number of carbonyl (C=O) groups is 2. The van der Waals surface area contributed by atoms with Crippen LogP contribution >= 0.6 is 0 Å². The van der Waals surface area contributed by atoms with Gasteiger partial charge >= 0.3 is 0 Å². The van der Waals surface area contributed by atoms with E-state index in [1.165, 1.54) is 5.56 Å². The largest absolute Gasteiger partial charge is 0.356 e. The molecule has 1 fully saturated rings. The molecule has 0 bridgehead atoms. The molecule has 1 aromatic rings. The lowest BCUT2D eigenvalue weighted by atomic mass is 10.1. The van der Waals surface area contributed by atoms with Crippen molar-refractivity contribution < 1.29 is 9.59 Å². The van der Waals surface area contributed by atoms with E-state index in [1.54, 1.807) is 0 Å². The van der Waals surface area contributed by atoms with Gasteiger partial charge in [-0.15, -0.1) is 0 Å². The molecule has 0 aromatic heterocycles. The van der Waals surface area contributed by atoms with Crippen molar-refractivity contribution in [3.8, 4) is 0 Å². The predicted octanol–water partition coefficient (Wildman–Crippen LogP) is 2.97. The number of aliphatic imine (C=N–C) groups is 1. The third kappa shape index (κ3) is 9.28. The van der Waals surface area contributed by atoms with Crippen molar-refractivity contribution in [2.24, 2.45) is 10.9 Å². The molecule has 0 spiro atoms. The molecule has 1 aliphatic heterocycles. The van der Waals surface area contributed by atoms with E-state index in [1.807, 2.05) is 47.0 Å². The molecule has 1 N–H and O–H groups in total. The summed E-state index contributed by atoms with van der Waals surface area (Å²) in [5.41, 5.74) is 1.19. The van der Waals surface area contributed by atoms with Crippen LogP contribution in [0.4, 0.5) is 0 Å². The summed E-state index contributed by atoms with van der Waals surface area (Å²) in [5, 5.41) is 3.41. The zero-order chi connectivity index (χ0) is 23.3. The van der Waals surface area contributed by atoms with Crippen molar-refractivity contribution in [2.75, 3.05) is 46.8 Å². The number of guanidine groups is 1. The van der Waals surface area contributed by atoms with E-state index in [-0.39, 0.29) is 11.8 Å². The lowest BCUT2D eigenvalue weighted by Gasteiger charge is -2.35. The Kier molecular flexibility index (Phi) is 11.0. The van der Waals surface area contributed by atoms with Crippen LogP contribution in [0.15, 0.2) is 35.3 Å². The predicted molar refractivity (Wildman–Crippen MR) is 130 cm³/mol. The molecule has 2 amide bonds. The minimum atomic E-state index is 0.212. The van der Waals surface area contributed by atoms with Crippen molar-refractivity contribution in [2.45, 2.75) is 52.5 Å². The smallest absolute Gasteiger partial charge is 0.222 e. The Morgan fingerprint density at radius 2 is 1.59 bits per heavy atom. The van der Waals surface area contributed by atoms with Crippen LogP contribution in [0.1, 0.15) is 51.5 Å². The van der Waals surface area contributed by atoms with Crippen molar-refractivity contribution in [1.82, 2.24) is 20.0 Å². The number of amides is 2. The number of benzene rings is 1. The Balaban J connectivity index is 1.60. The fourth-order valence-electron chi connectivity index (χ4n) is 3.72. The molecule has 0 radical (unpaired) electrons. The van der Waals surface area contributed by atoms with Gasteiger partial charge in [-0.1, -0.05) is 50.6 Å². The zero-order valence-electron chi connectivity index (χ0n) is 20.3. The maximum atomic E-state index is 12.5. The summed E-state index contributed by atoms with van der Waals surface area (Å²) in [7, 11) is 3.98. The number of nitrogens with zero attached hydrogens (tertiary/aromatic N) is 4. The number of unbranched alkanes of at least 4 members (excludes halogenated alkanes) is 2. The van der Waals surface area contributed by atoms with Crippen LogP contribution in [0.2, 0.25) is 0 Å². The monoisotopic (exact) mass is 443 g/mol. The van der Waals surface area contributed by atoms with Gasteiger partial charge in [0, 0.05) is 59.7 Å². The number of carbonyl (C=O) groups excluding carboxylic acids is 2. The molecule has 0 saturated carbocycles. The second-order valence-electron chi connectivity index (χ2n) is 9.12. The molecular weight excluding hydrogens is 402 g/mol. The van der Waals surface area contributed by atoms with Crippen LogP contribution in [0.25, 0.3) is 0 Å². The summed E-state index contributed by atoms with van der Waals surface area (Å²) in [6.07, 6.45) is 4.08. The van der Waals surface area contributed by atoms with Gasteiger partial charge < -0.3 is 20.0 Å². The highest BCUT2D eigenvalue weighted by atomic mass is 16.2. The quantitative estimate of drug-likeness (QED) is 0.343. The topological polar surface area (TPSA) is 68.2 Å². The Labute approximate surface area is 193 Å². The first kappa shape index (κ1) is 25.7. The van der Waals surface area contributed by atoms with E-state index in [0.717, 1.165) is 31.8 Å². The molecule has 1 saturated heterocycles. The standard InChI is InChI=1S/C25H41N5O2/c1-21(2)19-24(32)30-17-15-29(16-18-30)23(31)13-9-6-10-14-26-25(28(3)4)27-20-22-11-7-5-8-12-22/h5,7-8,11-12,21H,6,9-10,13-20H2,1-4H3,(H,26,27). The van der Waals surface area contributed by atoms with E-state index in [4.69, 9.17) is 0 Å². The molecular formula is C25H41N5O2. The van der Waals surface area contributed by atoms with Crippen LogP contribution in [0.5, 0.6) is 0 Å². The van der Waals surface area contributed by atoms with E-state index in [9.17, 15) is 9.59 Å². The van der Waals surface area contributed by atoms with Crippen molar-refractivity contribution in [1.29, 1.82) is 0 Å². The third-order valence-corrected chi connectivity index (χ3v) is 5.60. The van der Waals surface area contributed by atoms with Gasteiger partial charge in [0.25, 0.3) is 0 Å². The van der Waals surface area contributed by atoms with Gasteiger partial charge in [0.1, 0.15) is 0 Å². The van der Waals surface area contributed by atoms with Gasteiger partial charge in [0.15, 0.2) is 5.96 Å². The summed E-state index contributed by atoms with van der Waals surface area (Å²) in [5.74, 6) is 1.69. The molecule has 0 unspecified atom stereocenters. The molecule has 178 valence electrons. The van der Waals surface area contributed by atoms with Crippen LogP contribution in [0, 0.1) is 5.92 Å². The summed E-state index contributed by atoms with van der Waals surface area (Å²) in [6.45, 7) is 8.27. The van der Waals surface area contributed by atoms with E-state index in [2.05, 4.69) is 36.3 Å². The lowest BCUT2D eigenvalue weighted by Crippen LogP contribution is -2.50. The molecule has 1 aliphatic rings. The number of piperazine rings is 1. The Hall–Kier alpha value is -2.57. The number of hydrogen-bond donors (Lipinski definition) is 1. The van der Waals surface area contributed by atoms with Gasteiger partial charge in [-0.2, -0.15) is 0 Å². The normalized spacial score (nSPS) is 14.6. The second kappa shape index (κ2) is 13.8. The fraction of sp³-hybridized carbons (Fsp3) is 0.640. The van der Waals surface area contributed by atoms with Gasteiger partial charge in [-0.05, 0) is 24.3 Å². The van der Waals surface area contributed by atoms with Crippen LogP contribution in [0.3, 0.4) is 0 Å². The second-order valence-corrected chi connectivity index (χ2v) is 9.12. The first-order chi connectivity index (χ1) is 15.4. The molecule has 0 aliphatic carbocycles. The van der Waals surface area contributed by atoms with Crippen LogP contribution in [-0.4, -0.2) is 79.3 Å². The van der Waals surface area contributed by atoms with Crippen LogP contribution in [-0.2, 0) is 16.1 Å². The Bertz CT molecular complexity index is 725. The molecule has 32 heavy (non-hydrogen) atoms. The van der Waals surface area contributed by atoms with Crippen molar-refractivity contribution in [3.05, 3.63) is 35.9 Å². The molecule has 1 heterocycles. The van der Waals surface area contributed by atoms with Gasteiger partial charge in [0.05, 0.1) is 6.54 Å². The highest BCUT2D eigenvalue weighted by Gasteiger charge is 2.23. The van der Waals surface area contributed by atoms with Gasteiger partial charge in [-0.3, -0.25) is 9.59 Å². The molecule has 1 aromatic carbocycles. The molecule has 7 heteroatoms. The number of rotatable bonds is 10. The highest BCUT2D eigenvalue weighted by Crippen LogP contribution is 2.10. The first-order valence-corrected chi connectivity index (χ1v) is 11.9. The first-order valence-electron chi connectivity index (χ1n) is 11.9. The lowest BCUT2D eigenvalue weighted by molar-refractivity contribution is -0.140. The van der Waals surface area contributed by atoms with E-state index in [0.29, 0.717) is 51.5 Å². The Morgan fingerprint density at radius 3 is 2.19 bits per heavy atom. The van der Waals surface area contributed by atoms with Crippen molar-refractivity contribution in [3.63, 3.8) is 0 Å². The summed E-state index contributed by atoms with van der Waals surface area (Å²) >= 11 is 0. The fourth-order valence-corrected chi connectivity index (χ4v) is 3.72. The average molecular weight is 444 g/mol. The summed E-state index contributed by atoms with van der Waals surface area (Å²) < 4.78 is 0. The maximum Gasteiger partial charge on any atom is 0.222 e. The SMILES string of the molecule is CC(C)CC(=O)N1CCN(C(=O)CCCCCNC(=NCc2ccccc2)N(C)C)CC1. The van der Waals surface area contributed by atoms with Crippen LogP contribution < -0.4 is 5.32 Å². The summed E-state index contributed by atoms with van der Waals surface area (Å²) in [6, 6.07) is 10.2. The average Bonchev–Trinajstić information content (AvgIpc) is 2.78. The number of hydrogen-bond acceptors (Lipinski definition) is 3.